The lowest BCUT2D eigenvalue weighted by Crippen LogP contribution is -2.29. The lowest BCUT2D eigenvalue weighted by molar-refractivity contribution is 0.621. The summed E-state index contributed by atoms with van der Waals surface area (Å²) in [6.07, 6.45) is 1.07. The minimum absolute atomic E-state index is 0.489. The molecule has 0 aliphatic heterocycles. The summed E-state index contributed by atoms with van der Waals surface area (Å²) in [5.74, 6) is 1.07. The maximum Gasteiger partial charge on any atom is 0.0314 e. The van der Waals surface area contributed by atoms with E-state index in [9.17, 15) is 0 Å². The van der Waals surface area contributed by atoms with Gasteiger partial charge < -0.3 is 5.32 Å². The van der Waals surface area contributed by atoms with Crippen LogP contribution in [0.25, 0.3) is 0 Å². The van der Waals surface area contributed by atoms with E-state index >= 15 is 0 Å². The van der Waals surface area contributed by atoms with Crippen molar-refractivity contribution in [1.29, 1.82) is 0 Å². The molecule has 0 bridgehead atoms. The number of rotatable bonds is 6. The zero-order valence-corrected chi connectivity index (χ0v) is 15.3. The number of hydrogen-bond donors (Lipinski definition) is 1. The Labute approximate surface area is 139 Å². The SMILES string of the molecule is CNC(CSc1ccc(Br)cc1)Cc1sccc1Br. The van der Waals surface area contributed by atoms with E-state index in [1.165, 1.54) is 14.2 Å². The van der Waals surface area contributed by atoms with Gasteiger partial charge in [0.2, 0.25) is 0 Å². The van der Waals surface area contributed by atoms with Crippen molar-refractivity contribution < 1.29 is 0 Å². The summed E-state index contributed by atoms with van der Waals surface area (Å²) in [6.45, 7) is 0. The standard InChI is InChI=1S/C14H15Br2NS2/c1-17-11(8-14-13(16)6-7-18-14)9-19-12-4-2-10(15)3-5-12/h2-7,11,17H,8-9H2,1H3. The average Bonchev–Trinajstić information content (AvgIpc) is 2.82. The van der Waals surface area contributed by atoms with E-state index < -0.39 is 0 Å². The number of hydrogen-bond acceptors (Lipinski definition) is 3. The van der Waals surface area contributed by atoms with Crippen LogP contribution in [0.2, 0.25) is 0 Å². The van der Waals surface area contributed by atoms with Gasteiger partial charge in [-0.1, -0.05) is 15.9 Å². The van der Waals surface area contributed by atoms with Gasteiger partial charge in [0.05, 0.1) is 0 Å². The van der Waals surface area contributed by atoms with Crippen LogP contribution in [0.3, 0.4) is 0 Å². The Morgan fingerprint density at radius 1 is 1.21 bits per heavy atom. The Morgan fingerprint density at radius 2 is 1.95 bits per heavy atom. The summed E-state index contributed by atoms with van der Waals surface area (Å²) >= 11 is 10.8. The van der Waals surface area contributed by atoms with Gasteiger partial charge in [-0.15, -0.1) is 23.1 Å². The molecule has 0 radical (unpaired) electrons. The third-order valence-electron chi connectivity index (χ3n) is 2.80. The molecule has 1 N–H and O–H groups in total. The van der Waals surface area contributed by atoms with Gasteiger partial charge in [-0.2, -0.15) is 0 Å². The Balaban J connectivity index is 1.89. The number of halogens is 2. The largest absolute Gasteiger partial charge is 0.316 e. The Morgan fingerprint density at radius 3 is 2.53 bits per heavy atom. The Kier molecular flexibility index (Phi) is 6.42. The van der Waals surface area contributed by atoms with Crippen LogP contribution >= 0.6 is 55.0 Å². The van der Waals surface area contributed by atoms with Crippen LogP contribution in [0.15, 0.2) is 49.6 Å². The predicted molar refractivity (Wildman–Crippen MR) is 93.4 cm³/mol. The van der Waals surface area contributed by atoms with Crippen molar-refractivity contribution in [1.82, 2.24) is 5.32 Å². The number of benzene rings is 1. The molecule has 2 aromatic rings. The molecule has 1 aromatic carbocycles. The van der Waals surface area contributed by atoms with Gasteiger partial charge in [0.25, 0.3) is 0 Å². The van der Waals surface area contributed by atoms with Gasteiger partial charge in [-0.25, -0.2) is 0 Å². The van der Waals surface area contributed by atoms with Crippen molar-refractivity contribution in [2.45, 2.75) is 17.4 Å². The molecular weight excluding hydrogens is 406 g/mol. The third-order valence-corrected chi connectivity index (χ3v) is 6.45. The number of likely N-dealkylation sites (N-methyl/N-ethyl adjacent to an activating group) is 1. The van der Waals surface area contributed by atoms with Crippen LogP contribution in [0.4, 0.5) is 0 Å². The van der Waals surface area contributed by atoms with Gasteiger partial charge in [-0.05, 0) is 65.1 Å². The van der Waals surface area contributed by atoms with E-state index in [0.29, 0.717) is 6.04 Å². The summed E-state index contributed by atoms with van der Waals surface area (Å²) in [5, 5.41) is 5.54. The van der Waals surface area contributed by atoms with Crippen molar-refractivity contribution in [2.75, 3.05) is 12.8 Å². The molecule has 0 aliphatic rings. The monoisotopic (exact) mass is 419 g/mol. The van der Waals surface area contributed by atoms with Crippen molar-refractivity contribution in [3.63, 3.8) is 0 Å². The second-order valence-corrected chi connectivity index (χ2v) is 8.01. The molecule has 0 saturated heterocycles. The smallest absolute Gasteiger partial charge is 0.0314 e. The minimum Gasteiger partial charge on any atom is -0.316 e. The molecule has 1 unspecified atom stereocenters. The molecule has 0 amide bonds. The second kappa shape index (κ2) is 7.84. The quantitative estimate of drug-likeness (QED) is 0.644. The molecular formula is C14H15Br2NS2. The highest BCUT2D eigenvalue weighted by molar-refractivity contribution is 9.10. The lowest BCUT2D eigenvalue weighted by atomic mass is 10.2. The fourth-order valence-electron chi connectivity index (χ4n) is 1.67. The summed E-state index contributed by atoms with van der Waals surface area (Å²) in [5.41, 5.74) is 0. The van der Waals surface area contributed by atoms with Crippen molar-refractivity contribution in [3.05, 3.63) is 49.5 Å². The highest BCUT2D eigenvalue weighted by Gasteiger charge is 2.11. The first-order valence-corrected chi connectivity index (χ1v) is 9.41. The number of thioether (sulfide) groups is 1. The van der Waals surface area contributed by atoms with Crippen molar-refractivity contribution >= 4 is 55.0 Å². The van der Waals surface area contributed by atoms with Crippen LogP contribution in [0, 0.1) is 0 Å². The van der Waals surface area contributed by atoms with Gasteiger partial charge in [0, 0.05) is 30.5 Å². The van der Waals surface area contributed by atoms with E-state index in [1.54, 1.807) is 0 Å². The fraction of sp³-hybridized carbons (Fsp3) is 0.286. The van der Waals surface area contributed by atoms with E-state index in [4.69, 9.17) is 0 Å². The first kappa shape index (κ1) is 15.6. The predicted octanol–water partition coefficient (Wildman–Crippen LogP) is 5.20. The average molecular weight is 421 g/mol. The van der Waals surface area contributed by atoms with Crippen molar-refractivity contribution in [3.8, 4) is 0 Å². The van der Waals surface area contributed by atoms with E-state index in [2.05, 4.69) is 72.9 Å². The molecule has 2 rings (SSSR count). The molecule has 0 aliphatic carbocycles. The highest BCUT2D eigenvalue weighted by atomic mass is 79.9. The first-order chi connectivity index (χ1) is 9.19. The van der Waals surface area contributed by atoms with Crippen LogP contribution in [0.1, 0.15) is 4.88 Å². The number of nitrogens with one attached hydrogen (secondary N) is 1. The Bertz CT molecular complexity index is 510. The zero-order valence-electron chi connectivity index (χ0n) is 10.5. The molecule has 102 valence electrons. The summed E-state index contributed by atoms with van der Waals surface area (Å²) in [7, 11) is 2.04. The molecule has 5 heteroatoms. The van der Waals surface area contributed by atoms with Gasteiger partial charge >= 0.3 is 0 Å². The van der Waals surface area contributed by atoms with Crippen LogP contribution < -0.4 is 5.32 Å². The molecule has 19 heavy (non-hydrogen) atoms. The normalized spacial score (nSPS) is 12.6. The molecule has 0 saturated carbocycles. The molecule has 1 nitrogen and oxygen atoms in total. The Hall–Kier alpha value is 0.190. The number of thiophene rings is 1. The molecule has 0 spiro atoms. The third kappa shape index (κ3) is 4.90. The van der Waals surface area contributed by atoms with Crippen LogP contribution in [-0.4, -0.2) is 18.8 Å². The summed E-state index contributed by atoms with van der Waals surface area (Å²) in [6, 6.07) is 11.1. The van der Waals surface area contributed by atoms with Crippen molar-refractivity contribution in [2.24, 2.45) is 0 Å². The zero-order chi connectivity index (χ0) is 13.7. The summed E-state index contributed by atoms with van der Waals surface area (Å²) < 4.78 is 2.36. The topological polar surface area (TPSA) is 12.0 Å². The molecule has 1 atom stereocenters. The first-order valence-electron chi connectivity index (χ1n) is 5.96. The van der Waals surface area contributed by atoms with E-state index in [-0.39, 0.29) is 0 Å². The fourth-order valence-corrected chi connectivity index (χ4v) is 4.53. The van der Waals surface area contributed by atoms with E-state index in [0.717, 1.165) is 16.6 Å². The van der Waals surface area contributed by atoms with Gasteiger partial charge in [0.1, 0.15) is 0 Å². The van der Waals surface area contributed by atoms with Gasteiger partial charge in [-0.3, -0.25) is 0 Å². The van der Waals surface area contributed by atoms with Crippen LogP contribution in [-0.2, 0) is 6.42 Å². The van der Waals surface area contributed by atoms with Crippen LogP contribution in [0.5, 0.6) is 0 Å². The van der Waals surface area contributed by atoms with Gasteiger partial charge in [0.15, 0.2) is 0 Å². The minimum atomic E-state index is 0.489. The lowest BCUT2D eigenvalue weighted by Gasteiger charge is -2.15. The highest BCUT2D eigenvalue weighted by Crippen LogP contribution is 2.26. The maximum atomic E-state index is 3.60. The summed E-state index contributed by atoms with van der Waals surface area (Å²) in [4.78, 5) is 2.73. The second-order valence-electron chi connectivity index (χ2n) is 4.15. The molecule has 1 aromatic heterocycles. The molecule has 0 fully saturated rings. The molecule has 1 heterocycles. The van der Waals surface area contributed by atoms with E-state index in [1.807, 2.05) is 30.1 Å². The maximum absolute atomic E-state index is 3.60.